The zero-order valence-corrected chi connectivity index (χ0v) is 8.20. The van der Waals surface area contributed by atoms with Crippen LogP contribution in [0.1, 0.15) is 19.3 Å². The van der Waals surface area contributed by atoms with Crippen LogP contribution in [-0.2, 0) is 4.74 Å². The highest BCUT2D eigenvalue weighted by Gasteiger charge is 2.29. The van der Waals surface area contributed by atoms with E-state index in [-0.39, 0.29) is 0 Å². The van der Waals surface area contributed by atoms with Gasteiger partial charge in [-0.25, -0.2) is 0 Å². The first kappa shape index (κ1) is 8.30. The van der Waals surface area contributed by atoms with Gasteiger partial charge in [-0.15, -0.1) is 0 Å². The lowest BCUT2D eigenvalue weighted by Gasteiger charge is -2.36. The Balaban J connectivity index is 1.92. The summed E-state index contributed by atoms with van der Waals surface area (Å²) in [6, 6.07) is 0. The number of piperidine rings is 1. The Hall–Kier alpha value is -1.02. The van der Waals surface area contributed by atoms with Crippen molar-refractivity contribution in [2.24, 2.45) is 0 Å². The SMILES string of the molecule is C1=CCC2OC3CCCNC3=CC2=C1. The third-order valence-electron chi connectivity index (χ3n) is 3.12. The van der Waals surface area contributed by atoms with E-state index in [0.717, 1.165) is 13.0 Å². The van der Waals surface area contributed by atoms with Gasteiger partial charge in [0.1, 0.15) is 0 Å². The van der Waals surface area contributed by atoms with Crippen molar-refractivity contribution in [3.63, 3.8) is 0 Å². The van der Waals surface area contributed by atoms with Gasteiger partial charge >= 0.3 is 0 Å². The summed E-state index contributed by atoms with van der Waals surface area (Å²) in [6.45, 7) is 1.10. The van der Waals surface area contributed by atoms with Crippen LogP contribution in [-0.4, -0.2) is 18.8 Å². The van der Waals surface area contributed by atoms with Crippen molar-refractivity contribution in [1.29, 1.82) is 0 Å². The molecule has 0 bridgehead atoms. The maximum atomic E-state index is 6.04. The molecular weight excluding hydrogens is 174 g/mol. The molecule has 3 aliphatic rings. The number of ether oxygens (including phenoxy) is 1. The maximum absolute atomic E-state index is 6.04. The maximum Gasteiger partial charge on any atom is 0.0978 e. The smallest absolute Gasteiger partial charge is 0.0978 e. The molecule has 2 aliphatic heterocycles. The van der Waals surface area contributed by atoms with E-state index >= 15 is 0 Å². The standard InChI is InChI=1S/C12H15NO/c1-2-5-11-9(4-1)8-10-12(14-11)6-3-7-13-10/h1-2,4,8,11-13H,3,5-7H2. The second kappa shape index (κ2) is 3.28. The number of rotatable bonds is 0. The summed E-state index contributed by atoms with van der Waals surface area (Å²) in [5.74, 6) is 0. The van der Waals surface area contributed by atoms with E-state index in [1.54, 1.807) is 0 Å². The number of nitrogens with one attached hydrogen (secondary N) is 1. The third kappa shape index (κ3) is 1.30. The molecule has 0 aromatic heterocycles. The topological polar surface area (TPSA) is 21.3 Å². The van der Waals surface area contributed by atoms with E-state index in [9.17, 15) is 0 Å². The van der Waals surface area contributed by atoms with Crippen LogP contribution in [0.2, 0.25) is 0 Å². The lowest BCUT2D eigenvalue weighted by molar-refractivity contribution is 0.00843. The van der Waals surface area contributed by atoms with Crippen LogP contribution in [0.4, 0.5) is 0 Å². The molecule has 1 aliphatic carbocycles. The summed E-state index contributed by atoms with van der Waals surface area (Å²) in [7, 11) is 0. The van der Waals surface area contributed by atoms with Crippen LogP contribution in [0.25, 0.3) is 0 Å². The summed E-state index contributed by atoms with van der Waals surface area (Å²) in [5.41, 5.74) is 2.61. The van der Waals surface area contributed by atoms with E-state index in [0.29, 0.717) is 12.2 Å². The lowest BCUT2D eigenvalue weighted by Crippen LogP contribution is -2.39. The quantitative estimate of drug-likeness (QED) is 0.628. The van der Waals surface area contributed by atoms with Gasteiger partial charge in [-0.1, -0.05) is 18.2 Å². The number of hydrogen-bond acceptors (Lipinski definition) is 2. The van der Waals surface area contributed by atoms with Gasteiger partial charge in [-0.05, 0) is 30.9 Å². The van der Waals surface area contributed by atoms with Gasteiger partial charge in [0, 0.05) is 12.2 Å². The largest absolute Gasteiger partial charge is 0.386 e. The molecule has 0 saturated carbocycles. The summed E-state index contributed by atoms with van der Waals surface area (Å²) >= 11 is 0. The average Bonchev–Trinajstić information content (AvgIpc) is 2.26. The highest BCUT2D eigenvalue weighted by molar-refractivity contribution is 5.37. The van der Waals surface area contributed by atoms with E-state index in [2.05, 4.69) is 29.6 Å². The van der Waals surface area contributed by atoms with Gasteiger partial charge < -0.3 is 10.1 Å². The molecule has 0 aromatic rings. The van der Waals surface area contributed by atoms with E-state index in [4.69, 9.17) is 4.74 Å². The van der Waals surface area contributed by atoms with E-state index in [1.807, 2.05) is 0 Å². The fourth-order valence-corrected chi connectivity index (χ4v) is 2.35. The van der Waals surface area contributed by atoms with Crippen molar-refractivity contribution in [1.82, 2.24) is 5.32 Å². The second-order valence-corrected chi connectivity index (χ2v) is 4.11. The van der Waals surface area contributed by atoms with Gasteiger partial charge in [0.15, 0.2) is 0 Å². The first-order valence-electron chi connectivity index (χ1n) is 5.41. The van der Waals surface area contributed by atoms with Crippen LogP contribution in [0, 0.1) is 0 Å². The molecule has 0 spiro atoms. The number of allylic oxidation sites excluding steroid dienone is 2. The monoisotopic (exact) mass is 189 g/mol. The van der Waals surface area contributed by atoms with Crippen LogP contribution in [0.15, 0.2) is 35.6 Å². The lowest BCUT2D eigenvalue weighted by atomic mass is 9.93. The number of fused-ring (bicyclic) bond motifs is 2. The fourth-order valence-electron chi connectivity index (χ4n) is 2.35. The average molecular weight is 189 g/mol. The van der Waals surface area contributed by atoms with Gasteiger partial charge in [-0.2, -0.15) is 0 Å². The van der Waals surface area contributed by atoms with Crippen LogP contribution in [0.5, 0.6) is 0 Å². The first-order valence-corrected chi connectivity index (χ1v) is 5.41. The minimum absolute atomic E-state index is 0.314. The minimum atomic E-state index is 0.314. The number of hydrogen-bond donors (Lipinski definition) is 1. The van der Waals surface area contributed by atoms with Crippen molar-refractivity contribution < 1.29 is 4.74 Å². The van der Waals surface area contributed by atoms with Gasteiger partial charge in [0.2, 0.25) is 0 Å². The Morgan fingerprint density at radius 1 is 1.36 bits per heavy atom. The Kier molecular flexibility index (Phi) is 1.95. The molecule has 2 atom stereocenters. The highest BCUT2D eigenvalue weighted by Crippen LogP contribution is 2.30. The molecule has 1 N–H and O–H groups in total. The van der Waals surface area contributed by atoms with E-state index in [1.165, 1.54) is 24.1 Å². The van der Waals surface area contributed by atoms with Crippen LogP contribution >= 0.6 is 0 Å². The van der Waals surface area contributed by atoms with Gasteiger partial charge in [-0.3, -0.25) is 0 Å². The molecule has 1 saturated heterocycles. The summed E-state index contributed by atoms with van der Waals surface area (Å²) in [4.78, 5) is 0. The molecular formula is C12H15NO. The Labute approximate surface area is 84.3 Å². The van der Waals surface area contributed by atoms with Crippen molar-refractivity contribution >= 4 is 0 Å². The van der Waals surface area contributed by atoms with Crippen molar-refractivity contribution in [3.05, 3.63) is 35.6 Å². The third-order valence-corrected chi connectivity index (χ3v) is 3.12. The van der Waals surface area contributed by atoms with Crippen LogP contribution < -0.4 is 5.32 Å². The van der Waals surface area contributed by atoms with Gasteiger partial charge in [0.25, 0.3) is 0 Å². The molecule has 2 unspecified atom stereocenters. The highest BCUT2D eigenvalue weighted by atomic mass is 16.5. The summed E-state index contributed by atoms with van der Waals surface area (Å²) in [5, 5.41) is 3.43. The Morgan fingerprint density at radius 3 is 3.36 bits per heavy atom. The molecule has 0 aromatic carbocycles. The molecule has 2 nitrogen and oxygen atoms in total. The minimum Gasteiger partial charge on any atom is -0.386 e. The van der Waals surface area contributed by atoms with Crippen molar-refractivity contribution in [2.45, 2.75) is 31.5 Å². The molecule has 1 fully saturated rings. The predicted molar refractivity (Wildman–Crippen MR) is 55.8 cm³/mol. The molecule has 0 radical (unpaired) electrons. The predicted octanol–water partition coefficient (Wildman–Crippen LogP) is 1.91. The first-order chi connectivity index (χ1) is 6.93. The second-order valence-electron chi connectivity index (χ2n) is 4.11. The fraction of sp³-hybridized carbons (Fsp3) is 0.500. The molecule has 0 amide bonds. The Morgan fingerprint density at radius 2 is 2.36 bits per heavy atom. The molecule has 2 heteroatoms. The van der Waals surface area contributed by atoms with Crippen molar-refractivity contribution in [3.8, 4) is 0 Å². The normalized spacial score (nSPS) is 34.9. The van der Waals surface area contributed by atoms with Gasteiger partial charge in [0.05, 0.1) is 12.2 Å². The van der Waals surface area contributed by atoms with Crippen LogP contribution in [0.3, 0.4) is 0 Å². The molecule has 2 heterocycles. The zero-order valence-electron chi connectivity index (χ0n) is 8.20. The molecule has 74 valence electrons. The summed E-state index contributed by atoms with van der Waals surface area (Å²) in [6.07, 6.45) is 12.8. The molecule has 3 rings (SSSR count). The summed E-state index contributed by atoms with van der Waals surface area (Å²) < 4.78 is 6.04. The molecule has 14 heavy (non-hydrogen) atoms. The van der Waals surface area contributed by atoms with E-state index < -0.39 is 0 Å². The zero-order chi connectivity index (χ0) is 9.38. The Bertz CT molecular complexity index is 327. The van der Waals surface area contributed by atoms with Crippen molar-refractivity contribution in [2.75, 3.05) is 6.54 Å².